The van der Waals surface area contributed by atoms with Gasteiger partial charge in [-0.25, -0.2) is 0 Å². The van der Waals surface area contributed by atoms with Crippen LogP contribution in [-0.2, 0) is 0 Å². The molecule has 1 atom stereocenters. The van der Waals surface area contributed by atoms with Gasteiger partial charge in [0.25, 0.3) is 0 Å². The third-order valence-corrected chi connectivity index (χ3v) is 2.91. The second-order valence-corrected chi connectivity index (χ2v) is 3.80. The first kappa shape index (κ1) is 10.4. The standard InChI is InChI=1S/C9H8BrClN2/c1-6(5-12)13-8-4-2-3-7(11)9(8)10/h2-4,6,13H,1H3. The van der Waals surface area contributed by atoms with Crippen molar-refractivity contribution in [2.75, 3.05) is 5.32 Å². The third kappa shape index (κ3) is 2.61. The van der Waals surface area contributed by atoms with Gasteiger partial charge < -0.3 is 5.32 Å². The first-order chi connectivity index (χ1) is 6.15. The van der Waals surface area contributed by atoms with Gasteiger partial charge in [-0.2, -0.15) is 5.26 Å². The maximum absolute atomic E-state index is 8.60. The van der Waals surface area contributed by atoms with E-state index in [9.17, 15) is 0 Å². The number of hydrogen-bond acceptors (Lipinski definition) is 2. The van der Waals surface area contributed by atoms with Gasteiger partial charge in [-0.3, -0.25) is 0 Å². The van der Waals surface area contributed by atoms with Gasteiger partial charge in [-0.1, -0.05) is 17.7 Å². The average Bonchev–Trinajstić information content (AvgIpc) is 2.13. The summed E-state index contributed by atoms with van der Waals surface area (Å²) >= 11 is 9.20. The predicted octanol–water partition coefficient (Wildman–Crippen LogP) is 3.43. The van der Waals surface area contributed by atoms with Crippen molar-refractivity contribution >= 4 is 33.2 Å². The maximum Gasteiger partial charge on any atom is 0.111 e. The number of benzene rings is 1. The summed E-state index contributed by atoms with van der Waals surface area (Å²) in [5.41, 5.74) is 0.835. The second-order valence-electron chi connectivity index (χ2n) is 2.60. The fourth-order valence-electron chi connectivity index (χ4n) is 0.881. The normalized spacial score (nSPS) is 11.8. The Hall–Kier alpha value is -0.720. The lowest BCUT2D eigenvalue weighted by Crippen LogP contribution is -2.12. The van der Waals surface area contributed by atoms with E-state index in [1.807, 2.05) is 12.1 Å². The van der Waals surface area contributed by atoms with Crippen LogP contribution >= 0.6 is 27.5 Å². The summed E-state index contributed by atoms with van der Waals surface area (Å²) in [6, 6.07) is 7.34. The molecule has 1 N–H and O–H groups in total. The van der Waals surface area contributed by atoms with Crippen molar-refractivity contribution in [2.45, 2.75) is 13.0 Å². The molecule has 68 valence electrons. The van der Waals surface area contributed by atoms with E-state index < -0.39 is 0 Å². The van der Waals surface area contributed by atoms with E-state index in [-0.39, 0.29) is 6.04 Å². The molecule has 0 fully saturated rings. The molecule has 0 saturated carbocycles. The molecule has 1 unspecified atom stereocenters. The maximum atomic E-state index is 8.60. The topological polar surface area (TPSA) is 35.8 Å². The van der Waals surface area contributed by atoms with Gasteiger partial charge in [0.15, 0.2) is 0 Å². The first-order valence-electron chi connectivity index (χ1n) is 3.75. The lowest BCUT2D eigenvalue weighted by atomic mass is 10.3. The zero-order valence-electron chi connectivity index (χ0n) is 7.01. The van der Waals surface area contributed by atoms with Crippen molar-refractivity contribution in [2.24, 2.45) is 0 Å². The van der Waals surface area contributed by atoms with Gasteiger partial charge >= 0.3 is 0 Å². The van der Waals surface area contributed by atoms with E-state index in [0.29, 0.717) is 5.02 Å². The van der Waals surface area contributed by atoms with Crippen molar-refractivity contribution in [3.63, 3.8) is 0 Å². The molecule has 0 amide bonds. The molecule has 0 aliphatic heterocycles. The summed E-state index contributed by atoms with van der Waals surface area (Å²) in [5.74, 6) is 0. The highest BCUT2D eigenvalue weighted by atomic mass is 79.9. The number of rotatable bonds is 2. The molecule has 0 aromatic heterocycles. The Balaban J connectivity index is 2.90. The molecule has 0 aliphatic carbocycles. The van der Waals surface area contributed by atoms with Crippen LogP contribution in [0.5, 0.6) is 0 Å². The highest BCUT2D eigenvalue weighted by molar-refractivity contribution is 9.10. The van der Waals surface area contributed by atoms with Crippen LogP contribution in [0.15, 0.2) is 22.7 Å². The van der Waals surface area contributed by atoms with E-state index in [1.54, 1.807) is 13.0 Å². The van der Waals surface area contributed by atoms with Crippen molar-refractivity contribution in [3.8, 4) is 6.07 Å². The van der Waals surface area contributed by atoms with Crippen LogP contribution in [0.2, 0.25) is 5.02 Å². The molecule has 0 aliphatic rings. The summed E-state index contributed by atoms with van der Waals surface area (Å²) in [7, 11) is 0. The molecular weight excluding hydrogens is 251 g/mol. The molecule has 1 aromatic rings. The lowest BCUT2D eigenvalue weighted by Gasteiger charge is -2.10. The number of nitriles is 1. The quantitative estimate of drug-likeness (QED) is 0.883. The minimum absolute atomic E-state index is 0.227. The SMILES string of the molecule is CC(C#N)Nc1cccc(Cl)c1Br. The monoisotopic (exact) mass is 258 g/mol. The number of anilines is 1. The van der Waals surface area contributed by atoms with Gasteiger partial charge in [0, 0.05) is 0 Å². The number of halogens is 2. The highest BCUT2D eigenvalue weighted by Gasteiger charge is 2.05. The molecule has 0 bridgehead atoms. The van der Waals surface area contributed by atoms with Crippen LogP contribution in [0, 0.1) is 11.3 Å². The molecule has 1 rings (SSSR count). The Morgan fingerprint density at radius 2 is 2.31 bits per heavy atom. The van der Waals surface area contributed by atoms with Gasteiger partial charge in [0.1, 0.15) is 6.04 Å². The van der Waals surface area contributed by atoms with E-state index in [2.05, 4.69) is 27.3 Å². The van der Waals surface area contributed by atoms with Crippen LogP contribution in [0.1, 0.15) is 6.92 Å². The molecule has 0 radical (unpaired) electrons. The smallest absolute Gasteiger partial charge is 0.111 e. The molecule has 0 spiro atoms. The molecular formula is C9H8BrClN2. The Morgan fingerprint density at radius 3 is 2.92 bits per heavy atom. The minimum atomic E-state index is -0.227. The van der Waals surface area contributed by atoms with Crippen molar-refractivity contribution in [1.82, 2.24) is 0 Å². The minimum Gasteiger partial charge on any atom is -0.369 e. The molecule has 0 saturated heterocycles. The van der Waals surface area contributed by atoms with Crippen molar-refractivity contribution in [1.29, 1.82) is 5.26 Å². The van der Waals surface area contributed by atoms with E-state index in [4.69, 9.17) is 16.9 Å². The zero-order valence-corrected chi connectivity index (χ0v) is 9.35. The Kier molecular flexibility index (Phi) is 3.58. The van der Waals surface area contributed by atoms with Crippen LogP contribution in [0.3, 0.4) is 0 Å². The Labute approximate surface area is 90.6 Å². The van der Waals surface area contributed by atoms with Crippen LogP contribution < -0.4 is 5.32 Å². The summed E-state index contributed by atoms with van der Waals surface area (Å²) in [5, 5.41) is 12.2. The number of nitrogens with one attached hydrogen (secondary N) is 1. The molecule has 13 heavy (non-hydrogen) atoms. The average molecular weight is 260 g/mol. The highest BCUT2D eigenvalue weighted by Crippen LogP contribution is 2.30. The fourth-order valence-corrected chi connectivity index (χ4v) is 1.43. The molecule has 2 nitrogen and oxygen atoms in total. The summed E-state index contributed by atoms with van der Waals surface area (Å²) < 4.78 is 0.791. The van der Waals surface area contributed by atoms with Gasteiger partial charge in [-0.05, 0) is 35.0 Å². The number of hydrogen-bond donors (Lipinski definition) is 1. The molecule has 1 aromatic carbocycles. The molecule has 4 heteroatoms. The van der Waals surface area contributed by atoms with Crippen molar-refractivity contribution < 1.29 is 0 Å². The van der Waals surface area contributed by atoms with Gasteiger partial charge in [0.05, 0.1) is 21.3 Å². The summed E-state index contributed by atoms with van der Waals surface area (Å²) in [6.07, 6.45) is 0. The van der Waals surface area contributed by atoms with E-state index in [1.165, 1.54) is 0 Å². The zero-order chi connectivity index (χ0) is 9.84. The van der Waals surface area contributed by atoms with Crippen LogP contribution in [-0.4, -0.2) is 6.04 Å². The molecule has 0 heterocycles. The summed E-state index contributed by atoms with van der Waals surface area (Å²) in [4.78, 5) is 0. The third-order valence-electron chi connectivity index (χ3n) is 1.52. The largest absolute Gasteiger partial charge is 0.369 e. The van der Waals surface area contributed by atoms with Gasteiger partial charge in [0.2, 0.25) is 0 Å². The fraction of sp³-hybridized carbons (Fsp3) is 0.222. The van der Waals surface area contributed by atoms with Gasteiger partial charge in [-0.15, -0.1) is 0 Å². The first-order valence-corrected chi connectivity index (χ1v) is 4.92. The van der Waals surface area contributed by atoms with Crippen LogP contribution in [0.4, 0.5) is 5.69 Å². The van der Waals surface area contributed by atoms with E-state index in [0.717, 1.165) is 10.2 Å². The predicted molar refractivity (Wildman–Crippen MR) is 57.8 cm³/mol. The Morgan fingerprint density at radius 1 is 1.62 bits per heavy atom. The van der Waals surface area contributed by atoms with E-state index >= 15 is 0 Å². The number of nitrogens with zero attached hydrogens (tertiary/aromatic N) is 1. The van der Waals surface area contributed by atoms with Crippen molar-refractivity contribution in [3.05, 3.63) is 27.7 Å². The lowest BCUT2D eigenvalue weighted by molar-refractivity contribution is 1.01. The Bertz CT molecular complexity index is 346. The summed E-state index contributed by atoms with van der Waals surface area (Å²) in [6.45, 7) is 1.79. The van der Waals surface area contributed by atoms with Crippen LogP contribution in [0.25, 0.3) is 0 Å². The second kappa shape index (κ2) is 4.50.